The lowest BCUT2D eigenvalue weighted by Crippen LogP contribution is -2.49. The van der Waals surface area contributed by atoms with Crippen LogP contribution in [0.25, 0.3) is 0 Å². The lowest BCUT2D eigenvalue weighted by atomic mass is 9.87. The molecule has 4 nitrogen and oxygen atoms in total. The Morgan fingerprint density at radius 2 is 1.90 bits per heavy atom. The van der Waals surface area contributed by atoms with Crippen molar-refractivity contribution in [3.63, 3.8) is 0 Å². The number of anilines is 1. The van der Waals surface area contributed by atoms with Crippen LogP contribution in [0.1, 0.15) is 26.3 Å². The third-order valence-corrected chi connectivity index (χ3v) is 3.03. The molecule has 0 saturated carbocycles. The Bertz CT molecular complexity index is 495. The van der Waals surface area contributed by atoms with Gasteiger partial charge in [0, 0.05) is 18.3 Å². The quantitative estimate of drug-likeness (QED) is 0.802. The number of amides is 2. The van der Waals surface area contributed by atoms with Crippen molar-refractivity contribution in [2.24, 2.45) is 11.1 Å². The summed E-state index contributed by atoms with van der Waals surface area (Å²) < 4.78 is 37.7. The number of nitrogens with one attached hydrogen (secondary N) is 2. The summed E-state index contributed by atoms with van der Waals surface area (Å²) in [6.07, 6.45) is -4.45. The lowest BCUT2D eigenvalue weighted by Gasteiger charge is -2.30. The molecular formula is C14H20F3N3O. The molecule has 0 radical (unpaired) electrons. The Morgan fingerprint density at radius 1 is 1.29 bits per heavy atom. The van der Waals surface area contributed by atoms with Gasteiger partial charge >= 0.3 is 12.2 Å². The summed E-state index contributed by atoms with van der Waals surface area (Å²) in [6.45, 7) is 5.97. The van der Waals surface area contributed by atoms with Crippen molar-refractivity contribution in [2.75, 3.05) is 11.9 Å². The molecule has 2 amide bonds. The standard InChI is InChI=1S/C14H20F3N3O/c1-13(2,3)11(8-18)20-12(21)19-10-6-4-5-9(7-10)14(15,16)17/h4-7,11H,8,18H2,1-3H3,(H2,19,20,21). The summed E-state index contributed by atoms with van der Waals surface area (Å²) in [6, 6.07) is 3.59. The number of benzene rings is 1. The third kappa shape index (κ3) is 5.26. The maximum atomic E-state index is 12.6. The van der Waals surface area contributed by atoms with Gasteiger partial charge in [-0.25, -0.2) is 4.79 Å². The Balaban J connectivity index is 2.76. The second-order valence-electron chi connectivity index (χ2n) is 5.83. The highest BCUT2D eigenvalue weighted by atomic mass is 19.4. The summed E-state index contributed by atoms with van der Waals surface area (Å²) in [4.78, 5) is 11.8. The number of halogens is 3. The zero-order valence-electron chi connectivity index (χ0n) is 12.2. The molecule has 0 heterocycles. The average molecular weight is 303 g/mol. The van der Waals surface area contributed by atoms with Crippen molar-refractivity contribution < 1.29 is 18.0 Å². The molecule has 1 rings (SSSR count). The smallest absolute Gasteiger partial charge is 0.333 e. The molecule has 1 unspecified atom stereocenters. The molecule has 4 N–H and O–H groups in total. The van der Waals surface area contributed by atoms with Crippen LogP contribution in [-0.2, 0) is 6.18 Å². The summed E-state index contributed by atoms with van der Waals surface area (Å²) in [7, 11) is 0. The molecule has 0 aliphatic rings. The molecule has 0 aliphatic heterocycles. The van der Waals surface area contributed by atoms with Crippen LogP contribution in [0.4, 0.5) is 23.7 Å². The molecule has 118 valence electrons. The van der Waals surface area contributed by atoms with Gasteiger partial charge in [-0.15, -0.1) is 0 Å². The van der Waals surface area contributed by atoms with Gasteiger partial charge in [0.25, 0.3) is 0 Å². The van der Waals surface area contributed by atoms with E-state index in [1.807, 2.05) is 20.8 Å². The van der Waals surface area contributed by atoms with Crippen LogP contribution in [0.2, 0.25) is 0 Å². The van der Waals surface area contributed by atoms with E-state index in [1.165, 1.54) is 12.1 Å². The number of nitrogens with two attached hydrogens (primary N) is 1. The van der Waals surface area contributed by atoms with Gasteiger partial charge < -0.3 is 16.4 Å². The van der Waals surface area contributed by atoms with E-state index in [9.17, 15) is 18.0 Å². The monoisotopic (exact) mass is 303 g/mol. The number of urea groups is 1. The summed E-state index contributed by atoms with van der Waals surface area (Å²) in [5.74, 6) is 0. The van der Waals surface area contributed by atoms with Gasteiger partial charge in [0.2, 0.25) is 0 Å². The van der Waals surface area contributed by atoms with Crippen molar-refractivity contribution in [3.8, 4) is 0 Å². The van der Waals surface area contributed by atoms with Gasteiger partial charge in [-0.3, -0.25) is 0 Å². The Hall–Kier alpha value is -1.76. The van der Waals surface area contributed by atoms with E-state index in [0.29, 0.717) is 0 Å². The first-order chi connectivity index (χ1) is 9.54. The molecule has 1 atom stereocenters. The van der Waals surface area contributed by atoms with E-state index in [2.05, 4.69) is 10.6 Å². The highest BCUT2D eigenvalue weighted by molar-refractivity contribution is 5.89. The zero-order chi connectivity index (χ0) is 16.3. The second kappa shape index (κ2) is 6.34. The first-order valence-electron chi connectivity index (χ1n) is 6.49. The predicted octanol–water partition coefficient (Wildman–Crippen LogP) is 3.20. The van der Waals surface area contributed by atoms with Crippen molar-refractivity contribution >= 4 is 11.7 Å². The van der Waals surface area contributed by atoms with Crippen LogP contribution in [0, 0.1) is 5.41 Å². The minimum atomic E-state index is -4.45. The minimum absolute atomic E-state index is 0.0759. The van der Waals surface area contributed by atoms with Gasteiger partial charge in [0.15, 0.2) is 0 Å². The maximum absolute atomic E-state index is 12.6. The van der Waals surface area contributed by atoms with Crippen LogP contribution in [0.3, 0.4) is 0 Å². The van der Waals surface area contributed by atoms with E-state index in [0.717, 1.165) is 12.1 Å². The molecule has 21 heavy (non-hydrogen) atoms. The van der Waals surface area contributed by atoms with E-state index >= 15 is 0 Å². The average Bonchev–Trinajstić information content (AvgIpc) is 2.33. The number of rotatable bonds is 3. The van der Waals surface area contributed by atoms with Crippen LogP contribution >= 0.6 is 0 Å². The number of hydrogen-bond acceptors (Lipinski definition) is 2. The number of carbonyl (C=O) groups excluding carboxylic acids is 1. The van der Waals surface area contributed by atoms with Gasteiger partial charge in [-0.2, -0.15) is 13.2 Å². The Morgan fingerprint density at radius 3 is 2.38 bits per heavy atom. The molecule has 0 bridgehead atoms. The van der Waals surface area contributed by atoms with E-state index < -0.39 is 17.8 Å². The lowest BCUT2D eigenvalue weighted by molar-refractivity contribution is -0.137. The highest BCUT2D eigenvalue weighted by Gasteiger charge is 2.30. The number of carbonyl (C=O) groups is 1. The van der Waals surface area contributed by atoms with E-state index in [-0.39, 0.29) is 23.7 Å². The largest absolute Gasteiger partial charge is 0.416 e. The van der Waals surface area contributed by atoms with Gasteiger partial charge in [-0.1, -0.05) is 26.8 Å². The molecule has 1 aromatic carbocycles. The first kappa shape index (κ1) is 17.3. The SMILES string of the molecule is CC(C)(C)C(CN)NC(=O)Nc1cccc(C(F)(F)F)c1. The molecule has 0 aliphatic carbocycles. The molecule has 0 fully saturated rings. The van der Waals surface area contributed by atoms with Crippen molar-refractivity contribution in [3.05, 3.63) is 29.8 Å². The minimum Gasteiger partial charge on any atom is -0.333 e. The second-order valence-corrected chi connectivity index (χ2v) is 5.83. The summed E-state index contributed by atoms with van der Waals surface area (Å²) in [5.41, 5.74) is 4.60. The first-order valence-corrected chi connectivity index (χ1v) is 6.49. The molecule has 0 aromatic heterocycles. The summed E-state index contributed by atoms with van der Waals surface area (Å²) in [5, 5.41) is 5.04. The summed E-state index contributed by atoms with van der Waals surface area (Å²) >= 11 is 0. The van der Waals surface area contributed by atoms with Gasteiger partial charge in [-0.05, 0) is 23.6 Å². The van der Waals surface area contributed by atoms with Crippen LogP contribution in [-0.4, -0.2) is 18.6 Å². The number of alkyl halides is 3. The topological polar surface area (TPSA) is 67.1 Å². The highest BCUT2D eigenvalue weighted by Crippen LogP contribution is 2.30. The third-order valence-electron chi connectivity index (χ3n) is 3.03. The van der Waals surface area contributed by atoms with Crippen molar-refractivity contribution in [1.29, 1.82) is 0 Å². The molecule has 0 saturated heterocycles. The molecular weight excluding hydrogens is 283 g/mol. The van der Waals surface area contributed by atoms with Crippen LogP contribution < -0.4 is 16.4 Å². The fourth-order valence-electron chi connectivity index (χ4n) is 1.73. The van der Waals surface area contributed by atoms with Crippen molar-refractivity contribution in [1.82, 2.24) is 5.32 Å². The van der Waals surface area contributed by atoms with Crippen LogP contribution in [0.15, 0.2) is 24.3 Å². The molecule has 0 spiro atoms. The fourth-order valence-corrected chi connectivity index (χ4v) is 1.73. The van der Waals surface area contributed by atoms with E-state index in [4.69, 9.17) is 5.73 Å². The Kier molecular flexibility index (Phi) is 5.22. The zero-order valence-corrected chi connectivity index (χ0v) is 12.2. The normalized spacial score (nSPS) is 13.7. The van der Waals surface area contributed by atoms with Crippen molar-refractivity contribution in [2.45, 2.75) is 33.0 Å². The van der Waals surface area contributed by atoms with Gasteiger partial charge in [0.05, 0.1) is 5.56 Å². The van der Waals surface area contributed by atoms with Crippen LogP contribution in [0.5, 0.6) is 0 Å². The Labute approximate surface area is 121 Å². The fraction of sp³-hybridized carbons (Fsp3) is 0.500. The number of hydrogen-bond donors (Lipinski definition) is 3. The maximum Gasteiger partial charge on any atom is 0.416 e. The van der Waals surface area contributed by atoms with Gasteiger partial charge in [0.1, 0.15) is 0 Å². The van der Waals surface area contributed by atoms with E-state index in [1.54, 1.807) is 0 Å². The molecule has 1 aromatic rings. The predicted molar refractivity (Wildman–Crippen MR) is 75.9 cm³/mol. The molecule has 7 heteroatoms.